The molecule has 0 aliphatic heterocycles. The fourth-order valence-corrected chi connectivity index (χ4v) is 2.69. The lowest BCUT2D eigenvalue weighted by Crippen LogP contribution is -2.18. The van der Waals surface area contributed by atoms with Gasteiger partial charge < -0.3 is 14.3 Å². The number of fused-ring (bicyclic) bond motifs is 1. The zero-order valence-corrected chi connectivity index (χ0v) is 12.1. The van der Waals surface area contributed by atoms with E-state index >= 15 is 0 Å². The molecule has 1 aromatic carbocycles. The van der Waals surface area contributed by atoms with Crippen molar-refractivity contribution < 1.29 is 4.42 Å². The molecular formula is C15H15BrN2O. The van der Waals surface area contributed by atoms with Gasteiger partial charge in [-0.05, 0) is 30.3 Å². The van der Waals surface area contributed by atoms with Crippen LogP contribution in [0.25, 0.3) is 10.9 Å². The third-order valence-corrected chi connectivity index (χ3v) is 3.86. The standard InChI is InChI=1S/C15H15BrN2O/c16-14-4-1-5-15-13(14)6-8-18(15)9-7-17-11-12-3-2-10-19-12/h1-6,8,10,17H,7,9,11H2. The van der Waals surface area contributed by atoms with Gasteiger partial charge in [-0.2, -0.15) is 0 Å². The second kappa shape index (κ2) is 5.63. The van der Waals surface area contributed by atoms with Crippen molar-refractivity contribution in [3.8, 4) is 0 Å². The SMILES string of the molecule is Brc1cccc2c1ccn2CCNCc1ccco1. The minimum Gasteiger partial charge on any atom is -0.468 e. The molecule has 0 aliphatic rings. The van der Waals surface area contributed by atoms with E-state index in [4.69, 9.17) is 4.42 Å². The number of rotatable bonds is 5. The first-order valence-corrected chi connectivity index (χ1v) is 7.10. The smallest absolute Gasteiger partial charge is 0.117 e. The van der Waals surface area contributed by atoms with E-state index in [1.807, 2.05) is 12.1 Å². The molecule has 1 N–H and O–H groups in total. The molecule has 3 rings (SSSR count). The van der Waals surface area contributed by atoms with Gasteiger partial charge in [0.15, 0.2) is 0 Å². The average Bonchev–Trinajstić information content (AvgIpc) is 3.05. The number of hydrogen-bond donors (Lipinski definition) is 1. The predicted molar refractivity (Wildman–Crippen MR) is 80.1 cm³/mol. The minimum absolute atomic E-state index is 0.774. The summed E-state index contributed by atoms with van der Waals surface area (Å²) < 4.78 is 8.69. The number of benzene rings is 1. The third-order valence-electron chi connectivity index (χ3n) is 3.17. The second-order valence-corrected chi connectivity index (χ2v) is 5.29. The molecule has 0 aliphatic carbocycles. The lowest BCUT2D eigenvalue weighted by molar-refractivity contribution is 0.477. The maximum Gasteiger partial charge on any atom is 0.117 e. The summed E-state index contributed by atoms with van der Waals surface area (Å²) in [5.41, 5.74) is 1.26. The van der Waals surface area contributed by atoms with Crippen LogP contribution in [0.2, 0.25) is 0 Å². The van der Waals surface area contributed by atoms with Gasteiger partial charge in [-0.1, -0.05) is 22.0 Å². The third kappa shape index (κ3) is 2.74. The quantitative estimate of drug-likeness (QED) is 0.725. The molecule has 0 amide bonds. The molecule has 0 saturated carbocycles. The van der Waals surface area contributed by atoms with Crippen molar-refractivity contribution >= 4 is 26.8 Å². The zero-order valence-electron chi connectivity index (χ0n) is 10.5. The van der Waals surface area contributed by atoms with E-state index in [0.29, 0.717) is 0 Å². The Hall–Kier alpha value is -1.52. The predicted octanol–water partition coefficient (Wildman–Crippen LogP) is 3.79. The van der Waals surface area contributed by atoms with Gasteiger partial charge in [0.05, 0.1) is 12.8 Å². The highest BCUT2D eigenvalue weighted by atomic mass is 79.9. The number of nitrogens with one attached hydrogen (secondary N) is 1. The molecule has 4 heteroatoms. The lowest BCUT2D eigenvalue weighted by atomic mass is 10.2. The Morgan fingerprint density at radius 3 is 2.95 bits per heavy atom. The highest BCUT2D eigenvalue weighted by Gasteiger charge is 2.03. The van der Waals surface area contributed by atoms with E-state index in [9.17, 15) is 0 Å². The summed E-state index contributed by atoms with van der Waals surface area (Å²) in [5.74, 6) is 0.972. The maximum absolute atomic E-state index is 5.28. The van der Waals surface area contributed by atoms with Gasteiger partial charge in [-0.3, -0.25) is 0 Å². The van der Waals surface area contributed by atoms with E-state index < -0.39 is 0 Å². The summed E-state index contributed by atoms with van der Waals surface area (Å²) in [4.78, 5) is 0. The van der Waals surface area contributed by atoms with E-state index in [2.05, 4.69) is 56.3 Å². The number of furan rings is 1. The molecular weight excluding hydrogens is 304 g/mol. The average molecular weight is 319 g/mol. The first-order chi connectivity index (χ1) is 9.34. The van der Waals surface area contributed by atoms with Crippen LogP contribution in [0.1, 0.15) is 5.76 Å². The van der Waals surface area contributed by atoms with Gasteiger partial charge in [0.25, 0.3) is 0 Å². The Morgan fingerprint density at radius 2 is 2.11 bits per heavy atom. The summed E-state index contributed by atoms with van der Waals surface area (Å²) in [6, 6.07) is 12.3. The monoisotopic (exact) mass is 318 g/mol. The molecule has 0 saturated heterocycles. The Balaban J connectivity index is 1.61. The molecule has 0 bridgehead atoms. The van der Waals surface area contributed by atoms with Crippen molar-refractivity contribution in [2.75, 3.05) is 6.54 Å². The van der Waals surface area contributed by atoms with Crippen molar-refractivity contribution in [2.24, 2.45) is 0 Å². The summed E-state index contributed by atoms with van der Waals surface area (Å²) in [6.07, 6.45) is 3.83. The zero-order chi connectivity index (χ0) is 13.1. The second-order valence-electron chi connectivity index (χ2n) is 4.44. The van der Waals surface area contributed by atoms with Crippen molar-refractivity contribution in [1.29, 1.82) is 0 Å². The molecule has 98 valence electrons. The van der Waals surface area contributed by atoms with Crippen LogP contribution in [0.4, 0.5) is 0 Å². The Morgan fingerprint density at radius 1 is 1.16 bits per heavy atom. The van der Waals surface area contributed by atoms with Crippen molar-refractivity contribution in [3.05, 3.63) is 59.1 Å². The normalized spacial score (nSPS) is 11.2. The van der Waals surface area contributed by atoms with Gasteiger partial charge in [-0.15, -0.1) is 0 Å². The molecule has 0 radical (unpaired) electrons. The van der Waals surface area contributed by atoms with Crippen molar-refractivity contribution in [3.63, 3.8) is 0 Å². The highest BCUT2D eigenvalue weighted by molar-refractivity contribution is 9.10. The van der Waals surface area contributed by atoms with Crippen LogP contribution >= 0.6 is 15.9 Å². The fourth-order valence-electron chi connectivity index (χ4n) is 2.21. The lowest BCUT2D eigenvalue weighted by Gasteiger charge is -2.06. The molecule has 2 aromatic heterocycles. The number of aromatic nitrogens is 1. The van der Waals surface area contributed by atoms with E-state index in [0.717, 1.165) is 29.9 Å². The van der Waals surface area contributed by atoms with Crippen LogP contribution in [0.3, 0.4) is 0 Å². The molecule has 0 unspecified atom stereocenters. The van der Waals surface area contributed by atoms with Crippen LogP contribution in [0.15, 0.2) is 57.7 Å². The minimum atomic E-state index is 0.774. The van der Waals surface area contributed by atoms with Crippen LogP contribution in [0, 0.1) is 0 Å². The van der Waals surface area contributed by atoms with Gasteiger partial charge in [0.1, 0.15) is 5.76 Å². The Kier molecular flexibility index (Phi) is 3.71. The van der Waals surface area contributed by atoms with Crippen molar-refractivity contribution in [1.82, 2.24) is 9.88 Å². The largest absolute Gasteiger partial charge is 0.468 e. The number of halogens is 1. The van der Waals surface area contributed by atoms with Crippen molar-refractivity contribution in [2.45, 2.75) is 13.1 Å². The highest BCUT2D eigenvalue weighted by Crippen LogP contribution is 2.24. The van der Waals surface area contributed by atoms with Crippen LogP contribution < -0.4 is 5.32 Å². The number of nitrogens with zero attached hydrogens (tertiary/aromatic N) is 1. The fraction of sp³-hybridized carbons (Fsp3) is 0.200. The Bertz CT molecular complexity index is 658. The topological polar surface area (TPSA) is 30.1 Å². The molecule has 2 heterocycles. The summed E-state index contributed by atoms with van der Waals surface area (Å²) in [7, 11) is 0. The van der Waals surface area contributed by atoms with E-state index in [1.165, 1.54) is 10.9 Å². The van der Waals surface area contributed by atoms with E-state index in [-0.39, 0.29) is 0 Å². The van der Waals surface area contributed by atoms with Gasteiger partial charge in [-0.25, -0.2) is 0 Å². The first-order valence-electron chi connectivity index (χ1n) is 6.31. The van der Waals surface area contributed by atoms with Crippen LogP contribution in [-0.4, -0.2) is 11.1 Å². The molecule has 0 spiro atoms. The molecule has 19 heavy (non-hydrogen) atoms. The summed E-state index contributed by atoms with van der Waals surface area (Å²) in [5, 5.41) is 4.64. The molecule has 0 atom stereocenters. The summed E-state index contributed by atoms with van der Waals surface area (Å²) in [6.45, 7) is 2.63. The van der Waals surface area contributed by atoms with Gasteiger partial charge in [0, 0.05) is 34.7 Å². The number of hydrogen-bond acceptors (Lipinski definition) is 2. The van der Waals surface area contributed by atoms with Gasteiger partial charge >= 0.3 is 0 Å². The Labute approximate surface area is 120 Å². The van der Waals surface area contributed by atoms with Gasteiger partial charge in [0.2, 0.25) is 0 Å². The van der Waals surface area contributed by atoms with Crippen LogP contribution in [-0.2, 0) is 13.1 Å². The summed E-state index contributed by atoms with van der Waals surface area (Å²) >= 11 is 3.58. The first kappa shape index (κ1) is 12.5. The van der Waals surface area contributed by atoms with Crippen LogP contribution in [0.5, 0.6) is 0 Å². The maximum atomic E-state index is 5.28. The van der Waals surface area contributed by atoms with E-state index in [1.54, 1.807) is 6.26 Å². The molecule has 3 nitrogen and oxygen atoms in total. The molecule has 3 aromatic rings. The molecule has 0 fully saturated rings.